The van der Waals surface area contributed by atoms with Gasteiger partial charge in [-0.05, 0) is 31.6 Å². The Balaban J connectivity index is 2.21. The molecule has 1 heterocycles. The van der Waals surface area contributed by atoms with Gasteiger partial charge in [0, 0.05) is 13.5 Å². The molecular weight excluding hydrogens is 190 g/mol. The first-order valence-corrected chi connectivity index (χ1v) is 5.89. The van der Waals surface area contributed by atoms with Gasteiger partial charge >= 0.3 is 0 Å². The average Bonchev–Trinajstić information content (AvgIpc) is 2.56. The van der Waals surface area contributed by atoms with Crippen LogP contribution in [0.3, 0.4) is 0 Å². The second kappa shape index (κ2) is 3.95. The summed E-state index contributed by atoms with van der Waals surface area (Å²) in [6.45, 7) is 4.01. The molecule has 3 nitrogen and oxygen atoms in total. The van der Waals surface area contributed by atoms with Crippen molar-refractivity contribution in [2.24, 2.45) is 11.8 Å². The van der Waals surface area contributed by atoms with E-state index in [1.54, 1.807) is 18.7 Å². The molecule has 2 aliphatic rings. The molecule has 3 atom stereocenters. The molecule has 1 saturated heterocycles. The van der Waals surface area contributed by atoms with Gasteiger partial charge in [0.25, 0.3) is 0 Å². The summed E-state index contributed by atoms with van der Waals surface area (Å²) >= 11 is 0. The van der Waals surface area contributed by atoms with Crippen LogP contribution in [0.15, 0.2) is 0 Å². The van der Waals surface area contributed by atoms with Gasteiger partial charge in [0.1, 0.15) is 0 Å². The summed E-state index contributed by atoms with van der Waals surface area (Å²) in [5, 5.41) is 0. The third-order valence-electron chi connectivity index (χ3n) is 3.96. The molecule has 0 aromatic heterocycles. The summed E-state index contributed by atoms with van der Waals surface area (Å²) in [6, 6.07) is -0.118. The molecule has 0 radical (unpaired) electrons. The molecule has 0 aromatic carbocycles. The maximum absolute atomic E-state index is 11.6. The van der Waals surface area contributed by atoms with Crippen LogP contribution in [0.4, 0.5) is 0 Å². The van der Waals surface area contributed by atoms with Crippen molar-refractivity contribution in [3.8, 4) is 0 Å². The van der Waals surface area contributed by atoms with Gasteiger partial charge in [-0.15, -0.1) is 0 Å². The third kappa shape index (κ3) is 1.80. The Morgan fingerprint density at radius 1 is 1.13 bits per heavy atom. The summed E-state index contributed by atoms with van der Waals surface area (Å²) in [5.41, 5.74) is 0. The minimum atomic E-state index is -0.118. The molecule has 0 unspecified atom stereocenters. The van der Waals surface area contributed by atoms with Gasteiger partial charge in [0.05, 0.1) is 6.04 Å². The van der Waals surface area contributed by atoms with E-state index in [4.69, 9.17) is 0 Å². The Bertz CT molecular complexity index is 287. The first-order chi connectivity index (χ1) is 7.11. The highest BCUT2D eigenvalue weighted by molar-refractivity contribution is 5.87. The Morgan fingerprint density at radius 2 is 1.80 bits per heavy atom. The SMILES string of the molecule is CC(=O)[C@@H]1[C@H]2CCCC[C@H]2CN1C(C)=O. The Hall–Kier alpha value is -0.860. The molecular formula is C12H19NO2. The van der Waals surface area contributed by atoms with E-state index in [-0.39, 0.29) is 17.7 Å². The molecule has 1 amide bonds. The zero-order valence-electron chi connectivity index (χ0n) is 9.53. The molecule has 0 N–H and O–H groups in total. The van der Waals surface area contributed by atoms with E-state index in [1.807, 2.05) is 0 Å². The lowest BCUT2D eigenvalue weighted by Gasteiger charge is -2.28. The number of hydrogen-bond donors (Lipinski definition) is 0. The van der Waals surface area contributed by atoms with Crippen molar-refractivity contribution in [3.63, 3.8) is 0 Å². The van der Waals surface area contributed by atoms with Crippen LogP contribution in [0.25, 0.3) is 0 Å². The minimum absolute atomic E-state index is 0.0598. The fraction of sp³-hybridized carbons (Fsp3) is 0.833. The minimum Gasteiger partial charge on any atom is -0.332 e. The van der Waals surface area contributed by atoms with Crippen molar-refractivity contribution in [2.45, 2.75) is 45.6 Å². The number of hydrogen-bond acceptors (Lipinski definition) is 2. The molecule has 0 aromatic rings. The summed E-state index contributed by atoms with van der Waals surface area (Å²) < 4.78 is 0. The van der Waals surface area contributed by atoms with Gasteiger partial charge in [-0.1, -0.05) is 12.8 Å². The molecule has 84 valence electrons. The quantitative estimate of drug-likeness (QED) is 0.658. The fourth-order valence-electron chi connectivity index (χ4n) is 3.32. The van der Waals surface area contributed by atoms with Crippen molar-refractivity contribution in [2.75, 3.05) is 6.54 Å². The maximum Gasteiger partial charge on any atom is 0.220 e. The van der Waals surface area contributed by atoms with Crippen molar-refractivity contribution >= 4 is 11.7 Å². The highest BCUT2D eigenvalue weighted by atomic mass is 16.2. The third-order valence-corrected chi connectivity index (χ3v) is 3.96. The van der Waals surface area contributed by atoms with Gasteiger partial charge in [0.2, 0.25) is 5.91 Å². The number of fused-ring (bicyclic) bond motifs is 1. The first kappa shape index (κ1) is 10.7. The number of nitrogens with zero attached hydrogens (tertiary/aromatic N) is 1. The van der Waals surface area contributed by atoms with Gasteiger partial charge in [0.15, 0.2) is 5.78 Å². The fourth-order valence-corrected chi connectivity index (χ4v) is 3.32. The standard InChI is InChI=1S/C12H19NO2/c1-8(14)12-11-6-4-3-5-10(11)7-13(12)9(2)15/h10-12H,3-7H2,1-2H3/t10-,11-,12+/m0/s1. The highest BCUT2D eigenvalue weighted by Crippen LogP contribution is 2.40. The summed E-state index contributed by atoms with van der Waals surface area (Å²) in [4.78, 5) is 24.9. The number of Topliss-reactive ketones (excluding diaryl/α,β-unsaturated/α-hetero) is 1. The zero-order valence-corrected chi connectivity index (χ0v) is 9.53. The van der Waals surface area contributed by atoms with Gasteiger partial charge in [-0.3, -0.25) is 9.59 Å². The number of amides is 1. The molecule has 2 fully saturated rings. The zero-order chi connectivity index (χ0) is 11.0. The maximum atomic E-state index is 11.6. The van der Waals surface area contributed by atoms with Crippen LogP contribution in [-0.2, 0) is 9.59 Å². The smallest absolute Gasteiger partial charge is 0.220 e. The topological polar surface area (TPSA) is 37.4 Å². The number of carbonyl (C=O) groups is 2. The van der Waals surface area contributed by atoms with E-state index in [2.05, 4.69) is 0 Å². The van der Waals surface area contributed by atoms with Gasteiger partial charge in [-0.25, -0.2) is 0 Å². The Morgan fingerprint density at radius 3 is 2.40 bits per heavy atom. The number of ketones is 1. The van der Waals surface area contributed by atoms with Crippen molar-refractivity contribution in [1.82, 2.24) is 4.90 Å². The van der Waals surface area contributed by atoms with Crippen molar-refractivity contribution in [1.29, 1.82) is 0 Å². The molecule has 0 bridgehead atoms. The largest absolute Gasteiger partial charge is 0.332 e. The number of likely N-dealkylation sites (tertiary alicyclic amines) is 1. The van der Waals surface area contributed by atoms with Crippen LogP contribution in [0.5, 0.6) is 0 Å². The molecule has 1 aliphatic carbocycles. The molecule has 15 heavy (non-hydrogen) atoms. The van der Waals surface area contributed by atoms with E-state index in [0.29, 0.717) is 11.8 Å². The number of carbonyl (C=O) groups excluding carboxylic acids is 2. The van der Waals surface area contributed by atoms with E-state index in [0.717, 1.165) is 13.0 Å². The van der Waals surface area contributed by atoms with Crippen LogP contribution in [0.1, 0.15) is 39.5 Å². The predicted octanol–water partition coefficient (Wildman–Crippen LogP) is 1.61. The predicted molar refractivity (Wildman–Crippen MR) is 57.3 cm³/mol. The summed E-state index contributed by atoms with van der Waals surface area (Å²) in [5.74, 6) is 1.25. The van der Waals surface area contributed by atoms with E-state index >= 15 is 0 Å². The lowest BCUT2D eigenvalue weighted by Crippen LogP contribution is -2.41. The van der Waals surface area contributed by atoms with Crippen molar-refractivity contribution < 1.29 is 9.59 Å². The molecule has 0 spiro atoms. The van der Waals surface area contributed by atoms with E-state index < -0.39 is 0 Å². The molecule has 2 rings (SSSR count). The lowest BCUT2D eigenvalue weighted by molar-refractivity contribution is -0.136. The average molecular weight is 209 g/mol. The first-order valence-electron chi connectivity index (χ1n) is 5.89. The molecule has 3 heteroatoms. The van der Waals surface area contributed by atoms with Gasteiger partial charge in [-0.2, -0.15) is 0 Å². The summed E-state index contributed by atoms with van der Waals surface area (Å²) in [6.07, 6.45) is 4.80. The summed E-state index contributed by atoms with van der Waals surface area (Å²) in [7, 11) is 0. The highest BCUT2D eigenvalue weighted by Gasteiger charge is 2.45. The van der Waals surface area contributed by atoms with Crippen LogP contribution < -0.4 is 0 Å². The van der Waals surface area contributed by atoms with E-state index in [9.17, 15) is 9.59 Å². The number of rotatable bonds is 1. The second-order valence-electron chi connectivity index (χ2n) is 4.94. The van der Waals surface area contributed by atoms with Crippen LogP contribution in [0.2, 0.25) is 0 Å². The molecule has 1 aliphatic heterocycles. The van der Waals surface area contributed by atoms with Gasteiger partial charge < -0.3 is 4.90 Å². The van der Waals surface area contributed by atoms with Crippen LogP contribution in [0, 0.1) is 11.8 Å². The molecule has 1 saturated carbocycles. The Kier molecular flexibility index (Phi) is 2.81. The van der Waals surface area contributed by atoms with Crippen LogP contribution in [-0.4, -0.2) is 29.2 Å². The lowest BCUT2D eigenvalue weighted by atomic mass is 9.78. The van der Waals surface area contributed by atoms with E-state index in [1.165, 1.54) is 19.3 Å². The Labute approximate surface area is 90.8 Å². The van der Waals surface area contributed by atoms with Crippen LogP contribution >= 0.6 is 0 Å². The van der Waals surface area contributed by atoms with Crippen molar-refractivity contribution in [3.05, 3.63) is 0 Å². The normalized spacial score (nSPS) is 35.1. The second-order valence-corrected chi connectivity index (χ2v) is 4.94. The monoisotopic (exact) mass is 209 g/mol.